The summed E-state index contributed by atoms with van der Waals surface area (Å²) in [5, 5.41) is 17.4. The maximum absolute atomic E-state index is 8.96. The number of hydrogen-bond acceptors (Lipinski definition) is 4. The molecule has 1 heterocycles. The molecular formula is C9H11N3O. The van der Waals surface area contributed by atoms with Crippen LogP contribution in [0.15, 0.2) is 18.5 Å². The number of aromatic nitrogens is 1. The Labute approximate surface area is 76.6 Å². The molecule has 1 rings (SSSR count). The molecule has 3 N–H and O–H groups in total. The van der Waals surface area contributed by atoms with E-state index < -0.39 is 0 Å². The van der Waals surface area contributed by atoms with E-state index in [0.29, 0.717) is 5.56 Å². The van der Waals surface area contributed by atoms with Crippen LogP contribution in [-0.2, 0) is 6.61 Å². The molecule has 0 fully saturated rings. The van der Waals surface area contributed by atoms with Crippen LogP contribution in [0.5, 0.6) is 0 Å². The van der Waals surface area contributed by atoms with E-state index in [1.807, 2.05) is 6.07 Å². The molecule has 0 aliphatic heterocycles. The second-order valence-electron chi connectivity index (χ2n) is 2.70. The van der Waals surface area contributed by atoms with E-state index in [9.17, 15) is 0 Å². The van der Waals surface area contributed by atoms with Crippen LogP contribution >= 0.6 is 0 Å². The van der Waals surface area contributed by atoms with Gasteiger partial charge in [-0.1, -0.05) is 0 Å². The predicted octanol–water partition coefficient (Wildman–Crippen LogP) is 0.487. The fourth-order valence-corrected chi connectivity index (χ4v) is 1.14. The van der Waals surface area contributed by atoms with Gasteiger partial charge in [0.05, 0.1) is 19.1 Å². The number of aliphatic hydroxyl groups is 1. The van der Waals surface area contributed by atoms with Crippen LogP contribution in [0.25, 0.3) is 0 Å². The minimum atomic E-state index is -0.338. The molecule has 4 nitrogen and oxygen atoms in total. The summed E-state index contributed by atoms with van der Waals surface area (Å²) in [7, 11) is 0. The maximum atomic E-state index is 8.96. The van der Waals surface area contributed by atoms with Crippen molar-refractivity contribution in [2.45, 2.75) is 19.1 Å². The number of nitriles is 1. The van der Waals surface area contributed by atoms with E-state index in [2.05, 4.69) is 4.98 Å². The summed E-state index contributed by atoms with van der Waals surface area (Å²) in [5.41, 5.74) is 7.20. The molecule has 0 aliphatic carbocycles. The first-order valence-electron chi connectivity index (χ1n) is 3.95. The maximum Gasteiger partial charge on any atom is 0.0700 e. The average Bonchev–Trinajstić information content (AvgIpc) is 2.18. The molecule has 1 aromatic heterocycles. The number of rotatable bonds is 3. The molecule has 0 aromatic carbocycles. The van der Waals surface area contributed by atoms with Crippen molar-refractivity contribution in [1.82, 2.24) is 4.98 Å². The second-order valence-corrected chi connectivity index (χ2v) is 2.70. The third kappa shape index (κ3) is 2.25. The molecule has 0 unspecified atom stereocenters. The summed E-state index contributed by atoms with van der Waals surface area (Å²) < 4.78 is 0. The van der Waals surface area contributed by atoms with Crippen LogP contribution < -0.4 is 5.73 Å². The van der Waals surface area contributed by atoms with E-state index in [4.69, 9.17) is 16.1 Å². The van der Waals surface area contributed by atoms with Gasteiger partial charge in [0.25, 0.3) is 0 Å². The van der Waals surface area contributed by atoms with Crippen molar-refractivity contribution in [1.29, 1.82) is 5.26 Å². The first kappa shape index (κ1) is 9.65. The summed E-state index contributed by atoms with van der Waals surface area (Å²) in [6.07, 6.45) is 3.41. The van der Waals surface area contributed by atoms with Crippen molar-refractivity contribution < 1.29 is 5.11 Å². The fraction of sp³-hybridized carbons (Fsp3) is 0.333. The van der Waals surface area contributed by atoms with Gasteiger partial charge < -0.3 is 10.8 Å². The Bertz CT molecular complexity index is 319. The first-order chi connectivity index (χ1) is 6.29. The highest BCUT2D eigenvalue weighted by atomic mass is 16.3. The van der Waals surface area contributed by atoms with E-state index in [1.54, 1.807) is 18.5 Å². The first-order valence-corrected chi connectivity index (χ1v) is 3.95. The molecular weight excluding hydrogens is 166 g/mol. The Morgan fingerprint density at radius 3 is 3.08 bits per heavy atom. The molecule has 0 bridgehead atoms. The van der Waals surface area contributed by atoms with E-state index in [0.717, 1.165) is 5.56 Å². The monoisotopic (exact) mass is 177 g/mol. The lowest BCUT2D eigenvalue weighted by molar-refractivity contribution is 0.279. The normalized spacial score (nSPS) is 12.1. The minimum Gasteiger partial charge on any atom is -0.392 e. The lowest BCUT2D eigenvalue weighted by Crippen LogP contribution is -2.12. The van der Waals surface area contributed by atoms with E-state index in [-0.39, 0.29) is 19.1 Å². The molecule has 0 spiro atoms. The standard InChI is InChI=1S/C9H11N3O/c10-3-1-9(11)8-2-4-12-5-7(8)6-13/h2,4-5,9,13H,1,6,11H2/t9-/m0/s1. The van der Waals surface area contributed by atoms with Gasteiger partial charge in [-0.05, 0) is 11.6 Å². The molecule has 13 heavy (non-hydrogen) atoms. The van der Waals surface area contributed by atoms with Crippen molar-refractivity contribution in [2.75, 3.05) is 0 Å². The van der Waals surface area contributed by atoms with Gasteiger partial charge in [-0.2, -0.15) is 5.26 Å². The Balaban J connectivity index is 2.93. The zero-order chi connectivity index (χ0) is 9.68. The number of aliphatic hydroxyl groups excluding tert-OH is 1. The average molecular weight is 177 g/mol. The predicted molar refractivity (Wildman–Crippen MR) is 47.3 cm³/mol. The van der Waals surface area contributed by atoms with Gasteiger partial charge in [0, 0.05) is 24.0 Å². The number of nitrogens with two attached hydrogens (primary N) is 1. The number of pyridine rings is 1. The summed E-state index contributed by atoms with van der Waals surface area (Å²) in [6.45, 7) is -0.0949. The zero-order valence-corrected chi connectivity index (χ0v) is 7.14. The third-order valence-corrected chi connectivity index (χ3v) is 1.82. The van der Waals surface area contributed by atoms with Crippen LogP contribution in [0, 0.1) is 11.3 Å². The molecule has 1 atom stereocenters. The van der Waals surface area contributed by atoms with Crippen LogP contribution in [0.1, 0.15) is 23.6 Å². The summed E-state index contributed by atoms with van der Waals surface area (Å²) in [5.74, 6) is 0. The van der Waals surface area contributed by atoms with Crippen LogP contribution in [-0.4, -0.2) is 10.1 Å². The van der Waals surface area contributed by atoms with Gasteiger partial charge in [-0.25, -0.2) is 0 Å². The van der Waals surface area contributed by atoms with Crippen LogP contribution in [0.3, 0.4) is 0 Å². The highest BCUT2D eigenvalue weighted by Crippen LogP contribution is 2.17. The van der Waals surface area contributed by atoms with E-state index in [1.165, 1.54) is 0 Å². The van der Waals surface area contributed by atoms with Gasteiger partial charge in [0.2, 0.25) is 0 Å². The fourth-order valence-electron chi connectivity index (χ4n) is 1.14. The molecule has 68 valence electrons. The molecule has 0 radical (unpaired) electrons. The molecule has 0 aliphatic rings. The van der Waals surface area contributed by atoms with Crippen molar-refractivity contribution in [3.8, 4) is 6.07 Å². The number of nitrogens with zero attached hydrogens (tertiary/aromatic N) is 2. The summed E-state index contributed by atoms with van der Waals surface area (Å²) >= 11 is 0. The highest BCUT2D eigenvalue weighted by molar-refractivity contribution is 5.26. The summed E-state index contributed by atoms with van der Waals surface area (Å²) in [6, 6.07) is 3.38. The van der Waals surface area contributed by atoms with Gasteiger partial charge in [-0.3, -0.25) is 4.98 Å². The SMILES string of the molecule is N#CC[C@H](N)c1ccncc1CO. The zero-order valence-electron chi connectivity index (χ0n) is 7.14. The van der Waals surface area contributed by atoms with Crippen LogP contribution in [0.2, 0.25) is 0 Å². The minimum absolute atomic E-state index is 0.0949. The Hall–Kier alpha value is -1.44. The van der Waals surface area contributed by atoms with Gasteiger partial charge in [0.15, 0.2) is 0 Å². The quantitative estimate of drug-likeness (QED) is 0.703. The number of hydrogen-bond donors (Lipinski definition) is 2. The molecule has 0 amide bonds. The van der Waals surface area contributed by atoms with Gasteiger partial charge in [0.1, 0.15) is 0 Å². The Morgan fingerprint density at radius 1 is 1.69 bits per heavy atom. The highest BCUT2D eigenvalue weighted by Gasteiger charge is 2.09. The topological polar surface area (TPSA) is 82.9 Å². The Morgan fingerprint density at radius 2 is 2.46 bits per heavy atom. The van der Waals surface area contributed by atoms with Gasteiger partial charge in [-0.15, -0.1) is 0 Å². The van der Waals surface area contributed by atoms with Crippen molar-refractivity contribution in [3.05, 3.63) is 29.6 Å². The van der Waals surface area contributed by atoms with E-state index >= 15 is 0 Å². The van der Waals surface area contributed by atoms with Crippen molar-refractivity contribution >= 4 is 0 Å². The summed E-state index contributed by atoms with van der Waals surface area (Å²) in [4.78, 5) is 3.86. The lowest BCUT2D eigenvalue weighted by atomic mass is 10.0. The molecule has 0 saturated carbocycles. The molecule has 0 saturated heterocycles. The second kappa shape index (κ2) is 4.55. The largest absolute Gasteiger partial charge is 0.392 e. The molecule has 1 aromatic rings. The third-order valence-electron chi connectivity index (χ3n) is 1.82. The van der Waals surface area contributed by atoms with Crippen LogP contribution in [0.4, 0.5) is 0 Å². The lowest BCUT2D eigenvalue weighted by Gasteiger charge is -2.11. The smallest absolute Gasteiger partial charge is 0.0700 e. The van der Waals surface area contributed by atoms with Gasteiger partial charge >= 0.3 is 0 Å². The molecule has 4 heteroatoms. The van der Waals surface area contributed by atoms with Crippen molar-refractivity contribution in [3.63, 3.8) is 0 Å². The van der Waals surface area contributed by atoms with Crippen molar-refractivity contribution in [2.24, 2.45) is 5.73 Å². The Kier molecular flexibility index (Phi) is 3.38.